The summed E-state index contributed by atoms with van der Waals surface area (Å²) in [6.07, 6.45) is 2.00. The van der Waals surface area contributed by atoms with Crippen molar-refractivity contribution in [2.45, 2.75) is 19.1 Å². The molecule has 4 nitrogen and oxygen atoms in total. The lowest BCUT2D eigenvalue weighted by Gasteiger charge is -2.11. The zero-order valence-corrected chi connectivity index (χ0v) is 11.6. The number of rotatable bonds is 5. The molecule has 1 atom stereocenters. The van der Waals surface area contributed by atoms with Gasteiger partial charge < -0.3 is 10.6 Å². The molecule has 5 heteroatoms. The second-order valence-corrected chi connectivity index (χ2v) is 5.29. The quantitative estimate of drug-likeness (QED) is 0.806. The fourth-order valence-electron chi connectivity index (χ4n) is 1.28. The van der Waals surface area contributed by atoms with Crippen molar-refractivity contribution in [3.05, 3.63) is 29.8 Å². The highest BCUT2D eigenvalue weighted by Gasteiger charge is 2.05. The summed E-state index contributed by atoms with van der Waals surface area (Å²) in [4.78, 5) is 22.6. The van der Waals surface area contributed by atoms with Crippen molar-refractivity contribution in [2.24, 2.45) is 0 Å². The number of thioether (sulfide) groups is 1. The minimum atomic E-state index is -0.230. The van der Waals surface area contributed by atoms with E-state index in [1.54, 1.807) is 36.0 Å². The first-order valence-electron chi connectivity index (χ1n) is 5.71. The normalized spacial score (nSPS) is 11.7. The molecule has 0 radical (unpaired) electrons. The molecule has 2 amide bonds. The lowest BCUT2D eigenvalue weighted by atomic mass is 10.1. The number of Topliss-reactive ketones (excluding diaryl/α,β-unsaturated/α-hetero) is 1. The summed E-state index contributed by atoms with van der Waals surface area (Å²) in [5.41, 5.74) is 1.31. The van der Waals surface area contributed by atoms with Crippen LogP contribution in [0.5, 0.6) is 0 Å². The van der Waals surface area contributed by atoms with E-state index >= 15 is 0 Å². The van der Waals surface area contributed by atoms with Crippen LogP contribution in [-0.4, -0.2) is 29.9 Å². The number of ketones is 1. The van der Waals surface area contributed by atoms with E-state index in [2.05, 4.69) is 10.6 Å². The summed E-state index contributed by atoms with van der Waals surface area (Å²) < 4.78 is 0. The molecule has 0 saturated heterocycles. The van der Waals surface area contributed by atoms with Crippen molar-refractivity contribution >= 4 is 29.3 Å². The topological polar surface area (TPSA) is 58.2 Å². The minimum absolute atomic E-state index is 0.0137. The van der Waals surface area contributed by atoms with Gasteiger partial charge in [0, 0.05) is 23.0 Å². The molecule has 1 aromatic carbocycles. The van der Waals surface area contributed by atoms with Gasteiger partial charge in [0.2, 0.25) is 0 Å². The van der Waals surface area contributed by atoms with Crippen molar-refractivity contribution in [2.75, 3.05) is 18.1 Å². The van der Waals surface area contributed by atoms with Crippen LogP contribution in [0.4, 0.5) is 10.5 Å². The number of urea groups is 1. The van der Waals surface area contributed by atoms with Crippen LogP contribution in [0, 0.1) is 0 Å². The fourth-order valence-corrected chi connectivity index (χ4v) is 1.53. The Morgan fingerprint density at radius 2 is 1.89 bits per heavy atom. The summed E-state index contributed by atoms with van der Waals surface area (Å²) in [5, 5.41) is 5.88. The molecule has 1 rings (SSSR count). The van der Waals surface area contributed by atoms with Gasteiger partial charge in [0.15, 0.2) is 5.78 Å². The molecule has 0 bridgehead atoms. The van der Waals surface area contributed by atoms with Crippen LogP contribution in [0.3, 0.4) is 0 Å². The predicted molar refractivity (Wildman–Crippen MR) is 76.4 cm³/mol. The van der Waals surface area contributed by atoms with E-state index in [-0.39, 0.29) is 11.8 Å². The van der Waals surface area contributed by atoms with E-state index in [1.807, 2.05) is 13.2 Å². The number of benzene rings is 1. The van der Waals surface area contributed by atoms with Gasteiger partial charge in [-0.1, -0.05) is 6.92 Å². The zero-order valence-electron chi connectivity index (χ0n) is 10.8. The Morgan fingerprint density at radius 3 is 2.39 bits per heavy atom. The van der Waals surface area contributed by atoms with Crippen LogP contribution in [0.2, 0.25) is 0 Å². The fraction of sp³-hybridized carbons (Fsp3) is 0.385. The van der Waals surface area contributed by atoms with Crippen molar-refractivity contribution in [3.8, 4) is 0 Å². The number of carbonyl (C=O) groups is 2. The number of anilines is 1. The molecule has 0 heterocycles. The Balaban J connectivity index is 2.47. The van der Waals surface area contributed by atoms with Crippen LogP contribution in [0.25, 0.3) is 0 Å². The lowest BCUT2D eigenvalue weighted by molar-refractivity contribution is 0.101. The van der Waals surface area contributed by atoms with E-state index in [0.717, 1.165) is 0 Å². The van der Waals surface area contributed by atoms with E-state index in [4.69, 9.17) is 0 Å². The molecule has 18 heavy (non-hydrogen) atoms. The molecule has 0 aromatic heterocycles. The first-order valence-corrected chi connectivity index (χ1v) is 7.00. The van der Waals surface area contributed by atoms with Gasteiger partial charge in [-0.2, -0.15) is 11.8 Å². The van der Waals surface area contributed by atoms with Crippen LogP contribution in [0.15, 0.2) is 24.3 Å². The molecule has 0 aliphatic rings. The highest BCUT2D eigenvalue weighted by molar-refractivity contribution is 7.99. The summed E-state index contributed by atoms with van der Waals surface area (Å²) in [7, 11) is 0. The number of nitrogens with one attached hydrogen (secondary N) is 2. The minimum Gasteiger partial charge on any atom is -0.337 e. The van der Waals surface area contributed by atoms with E-state index < -0.39 is 0 Å². The maximum Gasteiger partial charge on any atom is 0.319 e. The number of hydrogen-bond donors (Lipinski definition) is 2. The molecular formula is C13H18N2O2S. The Kier molecular flexibility index (Phi) is 5.71. The average molecular weight is 266 g/mol. The summed E-state index contributed by atoms with van der Waals surface area (Å²) in [5.74, 6) is 0.0137. The number of amides is 2. The molecule has 98 valence electrons. The predicted octanol–water partition coefficient (Wildman–Crippen LogP) is 2.76. The number of carbonyl (C=O) groups excluding carboxylic acids is 2. The monoisotopic (exact) mass is 266 g/mol. The van der Waals surface area contributed by atoms with Gasteiger partial charge in [-0.05, 0) is 37.4 Å². The summed E-state index contributed by atoms with van der Waals surface area (Å²) >= 11 is 1.70. The molecule has 0 aliphatic heterocycles. The Bertz CT molecular complexity index is 418. The van der Waals surface area contributed by atoms with Crippen LogP contribution < -0.4 is 10.6 Å². The Labute approximate surface area is 112 Å². The van der Waals surface area contributed by atoms with Crippen molar-refractivity contribution in [1.29, 1.82) is 0 Å². The van der Waals surface area contributed by atoms with E-state index in [9.17, 15) is 9.59 Å². The molecule has 1 unspecified atom stereocenters. The van der Waals surface area contributed by atoms with Gasteiger partial charge in [0.25, 0.3) is 0 Å². The lowest BCUT2D eigenvalue weighted by Crippen LogP contribution is -2.33. The molecule has 0 aliphatic carbocycles. The SMILES string of the molecule is CSC(C)CNC(=O)Nc1ccc(C(C)=O)cc1. The third-order valence-electron chi connectivity index (χ3n) is 2.50. The zero-order chi connectivity index (χ0) is 13.5. The second-order valence-electron chi connectivity index (χ2n) is 4.01. The van der Waals surface area contributed by atoms with Gasteiger partial charge in [-0.15, -0.1) is 0 Å². The second kappa shape index (κ2) is 7.06. The smallest absolute Gasteiger partial charge is 0.319 e. The first-order chi connectivity index (χ1) is 8.52. The largest absolute Gasteiger partial charge is 0.337 e. The van der Waals surface area contributed by atoms with Crippen LogP contribution >= 0.6 is 11.8 Å². The van der Waals surface area contributed by atoms with Crippen molar-refractivity contribution in [1.82, 2.24) is 5.32 Å². The Morgan fingerprint density at radius 1 is 1.28 bits per heavy atom. The summed E-state index contributed by atoms with van der Waals surface area (Å²) in [6.45, 7) is 4.18. The van der Waals surface area contributed by atoms with Crippen LogP contribution in [0.1, 0.15) is 24.2 Å². The third kappa shape index (κ3) is 4.79. The van der Waals surface area contributed by atoms with Gasteiger partial charge in [-0.25, -0.2) is 4.79 Å². The molecule has 1 aromatic rings. The average Bonchev–Trinajstić information content (AvgIpc) is 2.36. The first kappa shape index (κ1) is 14.6. The van der Waals surface area contributed by atoms with E-state index in [0.29, 0.717) is 23.0 Å². The van der Waals surface area contributed by atoms with Crippen molar-refractivity contribution in [3.63, 3.8) is 0 Å². The van der Waals surface area contributed by atoms with Gasteiger partial charge in [0.1, 0.15) is 0 Å². The standard InChI is InChI=1S/C13H18N2O2S/c1-9(18-3)8-14-13(17)15-12-6-4-11(5-7-12)10(2)16/h4-7,9H,8H2,1-3H3,(H2,14,15,17). The van der Waals surface area contributed by atoms with Gasteiger partial charge in [-0.3, -0.25) is 4.79 Å². The summed E-state index contributed by atoms with van der Waals surface area (Å²) in [6, 6.07) is 6.60. The molecule has 0 saturated carbocycles. The Hall–Kier alpha value is -1.49. The van der Waals surface area contributed by atoms with Gasteiger partial charge in [0.05, 0.1) is 0 Å². The molecular weight excluding hydrogens is 248 g/mol. The highest BCUT2D eigenvalue weighted by Crippen LogP contribution is 2.10. The van der Waals surface area contributed by atoms with Crippen LogP contribution in [-0.2, 0) is 0 Å². The molecule has 0 fully saturated rings. The number of hydrogen-bond acceptors (Lipinski definition) is 3. The highest BCUT2D eigenvalue weighted by atomic mass is 32.2. The molecule has 0 spiro atoms. The van der Waals surface area contributed by atoms with Gasteiger partial charge >= 0.3 is 6.03 Å². The van der Waals surface area contributed by atoms with E-state index in [1.165, 1.54) is 6.92 Å². The maximum atomic E-state index is 11.6. The molecule has 2 N–H and O–H groups in total. The third-order valence-corrected chi connectivity index (χ3v) is 3.47. The van der Waals surface area contributed by atoms with Crippen molar-refractivity contribution < 1.29 is 9.59 Å². The maximum absolute atomic E-state index is 11.6.